The third-order valence-corrected chi connectivity index (χ3v) is 6.56. The molecule has 0 aromatic carbocycles. The van der Waals surface area contributed by atoms with Gasteiger partial charge in [0.2, 0.25) is 0 Å². The molecule has 0 spiro atoms. The molecule has 6 unspecified atom stereocenters. The molecular weight excluding hydrogens is 707 g/mol. The summed E-state index contributed by atoms with van der Waals surface area (Å²) in [6, 6.07) is 0. The van der Waals surface area contributed by atoms with Gasteiger partial charge in [0.05, 0.1) is 0 Å². The van der Waals surface area contributed by atoms with Crippen LogP contribution in [0.15, 0.2) is 0 Å². The van der Waals surface area contributed by atoms with Gasteiger partial charge >= 0.3 is 35.1 Å². The van der Waals surface area contributed by atoms with E-state index in [1.165, 1.54) is 0 Å². The minimum absolute atomic E-state index is 0. The van der Waals surface area contributed by atoms with Crippen LogP contribution in [0, 0.1) is 0 Å². The van der Waals surface area contributed by atoms with Crippen molar-refractivity contribution in [2.45, 2.75) is 36.6 Å². The maximum atomic E-state index is 11.4. The first kappa shape index (κ1) is 38.3. The molecule has 31 heteroatoms. The first-order valence-electron chi connectivity index (χ1n) is 7.94. The van der Waals surface area contributed by atoms with Crippen molar-refractivity contribution >= 4 is 46.9 Å². The van der Waals surface area contributed by atoms with E-state index in [-0.39, 0.29) is 19.5 Å². The Kier molecular flexibility index (Phi) is 13.5. The zero-order chi connectivity index (χ0) is 28.7. The van der Waals surface area contributed by atoms with Gasteiger partial charge in [0, 0.05) is 0 Å². The minimum Gasteiger partial charge on any atom is -0.756 e. The topological polar surface area (TPSA) is 412 Å². The van der Waals surface area contributed by atoms with Gasteiger partial charge in [0.25, 0.3) is 31.3 Å². The number of phosphoric acid groups is 6. The number of hydrogen-bond acceptors (Lipinski definition) is 16. The Morgan fingerprint density at radius 3 is 0.622 bits per heavy atom. The zero-order valence-corrected chi connectivity index (χ0v) is 25.3. The Balaban J connectivity index is 0.0000130. The van der Waals surface area contributed by atoms with Crippen LogP contribution < -0.4 is 19.6 Å². The molecule has 10 atom stereocenters. The molecule has 0 saturated heterocycles. The van der Waals surface area contributed by atoms with Gasteiger partial charge in [0.1, 0.15) is 36.6 Å². The van der Waals surface area contributed by atoms with E-state index in [2.05, 4.69) is 27.1 Å². The average Bonchev–Trinajstić information content (AvgIpc) is 2.51. The molecule has 0 radical (unpaired) electrons. The molecule has 0 bridgehead atoms. The SMILES string of the molecule is O=P([O-])(O)O[C@@H]1C(OP(=O)(O)O)[C@H](OP(=O)([O-])O)[C@@H](OP(=O)([O-])O)C(OP(=O)(O)O)[C@H]1OP(=O)([O-])O.[Zn+2]. The molecular formula is C6H14O24P6Zn-2. The van der Waals surface area contributed by atoms with Crippen molar-refractivity contribution in [2.75, 3.05) is 0 Å². The predicted octanol–water partition coefficient (Wildman–Crippen LogP) is -5.66. The summed E-state index contributed by atoms with van der Waals surface area (Å²) in [5.41, 5.74) is 0. The van der Waals surface area contributed by atoms with E-state index in [0.29, 0.717) is 0 Å². The summed E-state index contributed by atoms with van der Waals surface area (Å²) in [7, 11) is -37.4. The fourth-order valence-electron chi connectivity index (χ4n) is 2.77. The van der Waals surface area contributed by atoms with Crippen molar-refractivity contribution in [3.05, 3.63) is 0 Å². The van der Waals surface area contributed by atoms with Crippen molar-refractivity contribution in [1.29, 1.82) is 0 Å². The monoisotopic (exact) mass is 720 g/mol. The largest absolute Gasteiger partial charge is 2.00 e. The predicted molar refractivity (Wildman–Crippen MR) is 92.6 cm³/mol. The van der Waals surface area contributed by atoms with Crippen molar-refractivity contribution in [3.8, 4) is 0 Å². The van der Waals surface area contributed by atoms with E-state index in [1.807, 2.05) is 0 Å². The summed E-state index contributed by atoms with van der Waals surface area (Å²) in [5, 5.41) is 0. The standard InChI is InChI=1S/C6H18O24P6.Zn/c7-31(8,9)25-1-2(26-32(10,11)12)4(28-34(16,17)18)6(30-36(22,23)24)5(29-35(19,20)21)3(1)27-33(13,14)15;/h1-6H,(H2,7,8,9)(H2,10,11,12)(H2,13,14,15)(H2,16,17,18)(H2,19,20,21)(H2,22,23,24);/q;+2/p-4/t1-,2-,3?,4?,5-,6-;. The molecule has 1 rings (SSSR count). The van der Waals surface area contributed by atoms with Gasteiger partial charge in [-0.3, -0.25) is 27.3 Å². The maximum Gasteiger partial charge on any atom is 2.00 e. The van der Waals surface area contributed by atoms with Crippen LogP contribution in [0.4, 0.5) is 0 Å². The molecule has 37 heavy (non-hydrogen) atoms. The van der Waals surface area contributed by atoms with E-state index in [1.54, 1.807) is 0 Å². The third-order valence-electron chi connectivity index (χ3n) is 3.48. The number of hydrogen-bond donors (Lipinski definition) is 8. The van der Waals surface area contributed by atoms with Crippen LogP contribution in [0.3, 0.4) is 0 Å². The van der Waals surface area contributed by atoms with Gasteiger partial charge in [-0.2, -0.15) is 0 Å². The molecule has 1 saturated carbocycles. The smallest absolute Gasteiger partial charge is 0.756 e. The summed E-state index contributed by atoms with van der Waals surface area (Å²) in [6.07, 6.45) is -19.7. The van der Waals surface area contributed by atoms with E-state index in [4.69, 9.17) is 39.1 Å². The number of rotatable bonds is 12. The molecule has 24 nitrogen and oxygen atoms in total. The second-order valence-electron chi connectivity index (χ2n) is 6.28. The van der Waals surface area contributed by atoms with E-state index in [9.17, 15) is 47.0 Å². The Bertz CT molecular complexity index is 824. The Hall–Kier alpha value is 1.28. The van der Waals surface area contributed by atoms with Crippen LogP contribution in [-0.2, 0) is 74.0 Å². The van der Waals surface area contributed by atoms with Crippen LogP contribution in [0.1, 0.15) is 0 Å². The van der Waals surface area contributed by atoms with Gasteiger partial charge in [-0.05, 0) is 0 Å². The first-order valence-corrected chi connectivity index (χ1v) is 17.0. The number of phosphoric ester groups is 6. The zero-order valence-electron chi connectivity index (χ0n) is 17.0. The molecule has 1 fully saturated rings. The Morgan fingerprint density at radius 1 is 0.378 bits per heavy atom. The van der Waals surface area contributed by atoms with Crippen LogP contribution in [0.2, 0.25) is 0 Å². The molecule has 0 amide bonds. The average molecular weight is 721 g/mol. The maximum absolute atomic E-state index is 11.4. The molecule has 216 valence electrons. The normalized spacial score (nSPS) is 33.7. The van der Waals surface area contributed by atoms with Crippen LogP contribution in [0.5, 0.6) is 0 Å². The van der Waals surface area contributed by atoms with Crippen LogP contribution in [-0.4, -0.2) is 75.8 Å². The van der Waals surface area contributed by atoms with Gasteiger partial charge < -0.3 is 76.8 Å². The minimum atomic E-state index is -6.31. The summed E-state index contributed by atoms with van der Waals surface area (Å²) in [5.74, 6) is 0. The molecule has 0 heterocycles. The van der Waals surface area contributed by atoms with E-state index >= 15 is 0 Å². The van der Waals surface area contributed by atoms with Crippen LogP contribution in [0.25, 0.3) is 0 Å². The molecule has 0 aromatic heterocycles. The van der Waals surface area contributed by atoms with Gasteiger partial charge in [0.15, 0.2) is 0 Å². The van der Waals surface area contributed by atoms with Crippen molar-refractivity contribution in [3.63, 3.8) is 0 Å². The molecule has 1 aliphatic carbocycles. The van der Waals surface area contributed by atoms with Gasteiger partial charge in [-0.1, -0.05) is 0 Å². The second kappa shape index (κ2) is 13.1. The van der Waals surface area contributed by atoms with Gasteiger partial charge in [-0.15, -0.1) is 0 Å². The molecule has 1 aliphatic rings. The molecule has 8 N–H and O–H groups in total. The summed E-state index contributed by atoms with van der Waals surface area (Å²) in [4.78, 5) is 117. The quantitative estimate of drug-likeness (QED) is 0.0687. The fourth-order valence-corrected chi connectivity index (χ4v) is 6.08. The second-order valence-corrected chi connectivity index (χ2v) is 13.3. The summed E-state index contributed by atoms with van der Waals surface area (Å²) in [6.45, 7) is 0. The van der Waals surface area contributed by atoms with Crippen molar-refractivity contribution in [2.24, 2.45) is 0 Å². The van der Waals surface area contributed by atoms with E-state index in [0.717, 1.165) is 0 Å². The van der Waals surface area contributed by atoms with Gasteiger partial charge in [-0.25, -0.2) is 9.13 Å². The first-order chi connectivity index (χ1) is 15.6. The van der Waals surface area contributed by atoms with Crippen molar-refractivity contribution in [1.82, 2.24) is 0 Å². The fraction of sp³-hybridized carbons (Fsp3) is 1.00. The molecule has 0 aliphatic heterocycles. The van der Waals surface area contributed by atoms with Crippen LogP contribution >= 0.6 is 46.9 Å². The summed E-state index contributed by atoms with van der Waals surface area (Å²) >= 11 is 0. The van der Waals surface area contributed by atoms with Crippen molar-refractivity contribution < 1.29 is 133 Å². The summed E-state index contributed by atoms with van der Waals surface area (Å²) < 4.78 is 91.5. The molecule has 0 aromatic rings. The Morgan fingerprint density at radius 2 is 0.514 bits per heavy atom. The Labute approximate surface area is 216 Å². The van der Waals surface area contributed by atoms with E-state index < -0.39 is 83.6 Å². The third kappa shape index (κ3) is 15.2.